The molecule has 2 N–H and O–H groups in total. The summed E-state index contributed by atoms with van der Waals surface area (Å²) in [5.74, 6) is -0.297. The average Bonchev–Trinajstić information content (AvgIpc) is 2.49. The molecule has 7 heteroatoms. The van der Waals surface area contributed by atoms with Crippen LogP contribution in [-0.2, 0) is 10.0 Å². The van der Waals surface area contributed by atoms with Crippen molar-refractivity contribution in [3.63, 3.8) is 0 Å². The maximum atomic E-state index is 12.1. The summed E-state index contributed by atoms with van der Waals surface area (Å²) >= 11 is 3.32. The molecule has 22 heavy (non-hydrogen) atoms. The highest BCUT2D eigenvalue weighted by atomic mass is 79.9. The molecule has 0 atom stereocenters. The van der Waals surface area contributed by atoms with Crippen LogP contribution in [0.25, 0.3) is 0 Å². The van der Waals surface area contributed by atoms with Crippen LogP contribution in [0.2, 0.25) is 0 Å². The van der Waals surface area contributed by atoms with Gasteiger partial charge in [-0.25, -0.2) is 13.1 Å². The van der Waals surface area contributed by atoms with E-state index in [4.69, 9.17) is 0 Å². The third-order valence-electron chi connectivity index (χ3n) is 2.86. The first-order valence-electron chi connectivity index (χ1n) is 6.59. The van der Waals surface area contributed by atoms with Gasteiger partial charge in [-0.1, -0.05) is 22.9 Å². The Balaban J connectivity index is 2.13. The van der Waals surface area contributed by atoms with E-state index in [1.807, 2.05) is 12.1 Å². The molecule has 0 unspecified atom stereocenters. The zero-order valence-electron chi connectivity index (χ0n) is 11.8. The molecular weight excluding hydrogens is 368 g/mol. The van der Waals surface area contributed by atoms with E-state index in [2.05, 4.69) is 26.0 Å². The summed E-state index contributed by atoms with van der Waals surface area (Å²) < 4.78 is 27.0. The minimum absolute atomic E-state index is 0.134. The fourth-order valence-corrected chi connectivity index (χ4v) is 3.10. The molecule has 2 rings (SSSR count). The van der Waals surface area contributed by atoms with Crippen molar-refractivity contribution in [3.8, 4) is 0 Å². The minimum Gasteiger partial charge on any atom is -0.322 e. The molecule has 2 aromatic carbocycles. The molecule has 0 heterocycles. The van der Waals surface area contributed by atoms with Crippen molar-refractivity contribution in [1.29, 1.82) is 0 Å². The fourth-order valence-electron chi connectivity index (χ4n) is 1.80. The van der Waals surface area contributed by atoms with Crippen LogP contribution in [0.4, 0.5) is 5.69 Å². The number of hydrogen-bond acceptors (Lipinski definition) is 3. The molecule has 0 saturated heterocycles. The maximum Gasteiger partial charge on any atom is 0.255 e. The van der Waals surface area contributed by atoms with Crippen molar-refractivity contribution in [2.24, 2.45) is 0 Å². The maximum absolute atomic E-state index is 12.1. The van der Waals surface area contributed by atoms with Crippen LogP contribution in [0.15, 0.2) is 57.9 Å². The van der Waals surface area contributed by atoms with E-state index in [-0.39, 0.29) is 10.8 Å². The molecule has 0 fully saturated rings. The highest BCUT2D eigenvalue weighted by Crippen LogP contribution is 2.16. The second-order valence-electron chi connectivity index (χ2n) is 4.49. The SMILES string of the molecule is CCNS(=O)(=O)c1ccc(C(=O)Nc2ccc(Br)cc2)cc1. The Bertz CT molecular complexity index is 756. The summed E-state index contributed by atoms with van der Waals surface area (Å²) in [5, 5.41) is 2.74. The summed E-state index contributed by atoms with van der Waals surface area (Å²) in [4.78, 5) is 12.2. The van der Waals surface area contributed by atoms with Crippen molar-refractivity contribution in [1.82, 2.24) is 4.72 Å². The summed E-state index contributed by atoms with van der Waals surface area (Å²) in [6.45, 7) is 2.02. The first-order valence-corrected chi connectivity index (χ1v) is 8.86. The normalized spacial score (nSPS) is 11.2. The van der Waals surface area contributed by atoms with E-state index in [0.29, 0.717) is 17.8 Å². The van der Waals surface area contributed by atoms with E-state index in [9.17, 15) is 13.2 Å². The number of rotatable bonds is 5. The Morgan fingerprint density at radius 2 is 1.64 bits per heavy atom. The summed E-state index contributed by atoms with van der Waals surface area (Å²) in [6.07, 6.45) is 0. The van der Waals surface area contributed by atoms with Crippen LogP contribution in [-0.4, -0.2) is 20.9 Å². The number of amides is 1. The largest absolute Gasteiger partial charge is 0.322 e. The van der Waals surface area contributed by atoms with Crippen LogP contribution < -0.4 is 10.0 Å². The lowest BCUT2D eigenvalue weighted by Crippen LogP contribution is -2.23. The first kappa shape index (κ1) is 16.7. The Kier molecular flexibility index (Phi) is 5.33. The van der Waals surface area contributed by atoms with E-state index in [1.54, 1.807) is 19.1 Å². The standard InChI is InChI=1S/C15H15BrN2O3S/c1-2-17-22(20,21)14-9-3-11(4-10-14)15(19)18-13-7-5-12(16)6-8-13/h3-10,17H,2H2,1H3,(H,18,19). The third kappa shape index (κ3) is 4.16. The molecule has 0 aliphatic rings. The predicted octanol–water partition coefficient (Wildman–Crippen LogP) is 3.00. The molecule has 1 amide bonds. The number of hydrogen-bond donors (Lipinski definition) is 2. The van der Waals surface area contributed by atoms with E-state index >= 15 is 0 Å². The third-order valence-corrected chi connectivity index (χ3v) is 4.95. The lowest BCUT2D eigenvalue weighted by atomic mass is 10.2. The predicted molar refractivity (Wildman–Crippen MR) is 89.4 cm³/mol. The van der Waals surface area contributed by atoms with Crippen LogP contribution in [0.5, 0.6) is 0 Å². The summed E-state index contributed by atoms with van der Waals surface area (Å²) in [5.41, 5.74) is 1.05. The number of benzene rings is 2. The molecule has 0 spiro atoms. The van der Waals surface area contributed by atoms with Gasteiger partial charge in [-0.15, -0.1) is 0 Å². The van der Waals surface area contributed by atoms with Crippen LogP contribution in [0.3, 0.4) is 0 Å². The molecule has 0 saturated carbocycles. The Morgan fingerprint density at radius 3 is 2.18 bits per heavy atom. The Labute approximate surface area is 137 Å². The zero-order chi connectivity index (χ0) is 16.2. The van der Waals surface area contributed by atoms with Gasteiger partial charge in [0.05, 0.1) is 4.90 Å². The minimum atomic E-state index is -3.50. The number of anilines is 1. The van der Waals surface area contributed by atoms with Gasteiger partial charge in [0.25, 0.3) is 5.91 Å². The fraction of sp³-hybridized carbons (Fsp3) is 0.133. The second-order valence-corrected chi connectivity index (χ2v) is 7.17. The van der Waals surface area contributed by atoms with E-state index in [1.165, 1.54) is 24.3 Å². The van der Waals surface area contributed by atoms with Gasteiger partial charge in [-0.2, -0.15) is 0 Å². The number of carbonyl (C=O) groups is 1. The Hall–Kier alpha value is -1.70. The van der Waals surface area contributed by atoms with Gasteiger partial charge in [0.15, 0.2) is 0 Å². The van der Waals surface area contributed by atoms with Crippen LogP contribution in [0.1, 0.15) is 17.3 Å². The molecule has 0 radical (unpaired) electrons. The number of nitrogens with one attached hydrogen (secondary N) is 2. The molecule has 0 aliphatic carbocycles. The molecule has 116 valence electrons. The molecule has 0 aromatic heterocycles. The monoisotopic (exact) mass is 382 g/mol. The highest BCUT2D eigenvalue weighted by Gasteiger charge is 2.13. The van der Waals surface area contributed by atoms with Gasteiger partial charge in [0, 0.05) is 22.3 Å². The molecule has 0 bridgehead atoms. The van der Waals surface area contributed by atoms with Gasteiger partial charge < -0.3 is 5.32 Å². The van der Waals surface area contributed by atoms with Gasteiger partial charge in [0.2, 0.25) is 10.0 Å². The van der Waals surface area contributed by atoms with Gasteiger partial charge in [-0.05, 0) is 48.5 Å². The smallest absolute Gasteiger partial charge is 0.255 e. The van der Waals surface area contributed by atoms with Gasteiger partial charge in [0.1, 0.15) is 0 Å². The van der Waals surface area contributed by atoms with Crippen molar-refractivity contribution >= 4 is 37.5 Å². The second kappa shape index (κ2) is 7.04. The van der Waals surface area contributed by atoms with Crippen molar-refractivity contribution < 1.29 is 13.2 Å². The zero-order valence-corrected chi connectivity index (χ0v) is 14.2. The summed E-state index contributed by atoms with van der Waals surface area (Å²) in [7, 11) is -3.50. The van der Waals surface area contributed by atoms with Crippen molar-refractivity contribution in [2.45, 2.75) is 11.8 Å². The number of carbonyl (C=O) groups excluding carboxylic acids is 1. The lowest BCUT2D eigenvalue weighted by Gasteiger charge is -2.07. The van der Waals surface area contributed by atoms with Gasteiger partial charge in [-0.3, -0.25) is 4.79 Å². The number of sulfonamides is 1. The Morgan fingerprint density at radius 1 is 1.05 bits per heavy atom. The number of halogens is 1. The van der Waals surface area contributed by atoms with Crippen molar-refractivity contribution in [2.75, 3.05) is 11.9 Å². The van der Waals surface area contributed by atoms with E-state index < -0.39 is 10.0 Å². The molecular formula is C15H15BrN2O3S. The quantitative estimate of drug-likeness (QED) is 0.834. The molecule has 2 aromatic rings. The van der Waals surface area contributed by atoms with E-state index in [0.717, 1.165) is 4.47 Å². The summed E-state index contributed by atoms with van der Waals surface area (Å²) in [6, 6.07) is 13.0. The molecule has 5 nitrogen and oxygen atoms in total. The topological polar surface area (TPSA) is 75.3 Å². The highest BCUT2D eigenvalue weighted by molar-refractivity contribution is 9.10. The average molecular weight is 383 g/mol. The first-order chi connectivity index (χ1) is 10.4. The van der Waals surface area contributed by atoms with Crippen LogP contribution in [0, 0.1) is 0 Å². The lowest BCUT2D eigenvalue weighted by molar-refractivity contribution is 0.102. The molecule has 0 aliphatic heterocycles. The van der Waals surface area contributed by atoms with Gasteiger partial charge >= 0.3 is 0 Å². The van der Waals surface area contributed by atoms with Crippen LogP contribution >= 0.6 is 15.9 Å². The van der Waals surface area contributed by atoms with Crippen molar-refractivity contribution in [3.05, 3.63) is 58.6 Å².